The molecule has 0 radical (unpaired) electrons. The van der Waals surface area contributed by atoms with Crippen molar-refractivity contribution in [2.45, 2.75) is 65.7 Å². The van der Waals surface area contributed by atoms with Crippen molar-refractivity contribution in [3.8, 4) is 0 Å². The minimum Gasteiger partial charge on any atom is -0.300 e. The zero-order valence-corrected chi connectivity index (χ0v) is 17.7. The molecule has 4 heteroatoms. The fourth-order valence-electron chi connectivity index (χ4n) is 7.62. The van der Waals surface area contributed by atoms with E-state index in [4.69, 9.17) is 0 Å². The summed E-state index contributed by atoms with van der Waals surface area (Å²) in [5.74, 6) is 2.47. The van der Waals surface area contributed by atoms with Crippen molar-refractivity contribution in [1.82, 2.24) is 0 Å². The molecule has 4 aliphatic rings. The number of thiol groups is 1. The number of Topliss-reactive ketones (excluding diaryl/α,β-unsaturated/α-hetero) is 2. The Morgan fingerprint density at radius 3 is 2.56 bits per heavy atom. The first-order valence-electron chi connectivity index (χ1n) is 10.6. The van der Waals surface area contributed by atoms with Crippen LogP contribution in [0.4, 0.5) is 0 Å². The largest absolute Gasteiger partial charge is 0.300 e. The van der Waals surface area contributed by atoms with E-state index in [9.17, 15) is 14.4 Å². The van der Waals surface area contributed by atoms with Gasteiger partial charge in [0.1, 0.15) is 11.6 Å². The van der Waals surface area contributed by atoms with Gasteiger partial charge in [-0.1, -0.05) is 19.4 Å². The molecule has 0 heterocycles. The van der Waals surface area contributed by atoms with Crippen LogP contribution in [0.5, 0.6) is 0 Å². The molecule has 0 aliphatic heterocycles. The maximum absolute atomic E-state index is 12.7. The molecule has 3 saturated carbocycles. The van der Waals surface area contributed by atoms with Crippen LogP contribution in [-0.4, -0.2) is 23.1 Å². The smallest absolute Gasteiger partial charge is 0.155 e. The number of hydrogen-bond donors (Lipinski definition) is 1. The van der Waals surface area contributed by atoms with Gasteiger partial charge in [-0.3, -0.25) is 14.4 Å². The van der Waals surface area contributed by atoms with Gasteiger partial charge in [0.25, 0.3) is 0 Å². The van der Waals surface area contributed by atoms with Gasteiger partial charge in [0.05, 0.1) is 0 Å². The highest BCUT2D eigenvalue weighted by Gasteiger charge is 2.62. The number of ketones is 3. The first kappa shape index (κ1) is 19.4. The van der Waals surface area contributed by atoms with Gasteiger partial charge in [0.2, 0.25) is 0 Å². The fraction of sp³-hybridized carbons (Fsp3) is 0.783. The van der Waals surface area contributed by atoms with E-state index in [1.807, 2.05) is 6.08 Å². The van der Waals surface area contributed by atoms with E-state index in [-0.39, 0.29) is 40.0 Å². The Balaban J connectivity index is 1.76. The Hall–Kier alpha value is -0.900. The molecule has 0 aromatic heterocycles. The van der Waals surface area contributed by atoms with Crippen LogP contribution in [0, 0.1) is 40.4 Å². The average molecular weight is 389 g/mol. The van der Waals surface area contributed by atoms with Crippen molar-refractivity contribution < 1.29 is 14.4 Å². The van der Waals surface area contributed by atoms with Crippen LogP contribution in [-0.2, 0) is 14.4 Å². The Morgan fingerprint density at radius 1 is 1.15 bits per heavy atom. The maximum atomic E-state index is 12.7. The minimum atomic E-state index is 0.00898. The normalized spacial score (nSPS) is 46.1. The number of fused-ring (bicyclic) bond motifs is 5. The van der Waals surface area contributed by atoms with Gasteiger partial charge < -0.3 is 0 Å². The summed E-state index contributed by atoms with van der Waals surface area (Å²) in [5.41, 5.74) is 1.29. The molecule has 0 aromatic rings. The van der Waals surface area contributed by atoms with E-state index in [1.54, 1.807) is 6.92 Å². The van der Waals surface area contributed by atoms with Gasteiger partial charge >= 0.3 is 0 Å². The zero-order chi connectivity index (χ0) is 19.6. The van der Waals surface area contributed by atoms with Crippen LogP contribution >= 0.6 is 12.6 Å². The van der Waals surface area contributed by atoms with E-state index < -0.39 is 0 Å². The lowest BCUT2D eigenvalue weighted by molar-refractivity contribution is -0.138. The lowest BCUT2D eigenvalue weighted by atomic mass is 9.44. The second-order valence-corrected chi connectivity index (χ2v) is 10.4. The third-order valence-electron chi connectivity index (χ3n) is 9.08. The highest BCUT2D eigenvalue weighted by Crippen LogP contribution is 2.68. The number of carbonyl (C=O) groups is 3. The molecule has 0 unspecified atom stereocenters. The fourth-order valence-corrected chi connectivity index (χ4v) is 7.84. The van der Waals surface area contributed by atoms with Crippen LogP contribution in [0.2, 0.25) is 0 Å². The monoisotopic (exact) mass is 388 g/mol. The second-order valence-electron chi connectivity index (χ2n) is 10.1. The van der Waals surface area contributed by atoms with Gasteiger partial charge in [-0.15, -0.1) is 0 Å². The van der Waals surface area contributed by atoms with Gasteiger partial charge in [-0.2, -0.15) is 12.6 Å². The second kappa shape index (κ2) is 6.57. The van der Waals surface area contributed by atoms with Crippen molar-refractivity contribution in [3.63, 3.8) is 0 Å². The van der Waals surface area contributed by atoms with Gasteiger partial charge in [0.15, 0.2) is 5.78 Å². The molecule has 0 saturated heterocycles. The zero-order valence-electron chi connectivity index (χ0n) is 16.8. The Labute approximate surface area is 168 Å². The molecular formula is C23H32O3S. The molecular weight excluding hydrogens is 356 g/mol. The lowest BCUT2D eigenvalue weighted by Crippen LogP contribution is -2.55. The quantitative estimate of drug-likeness (QED) is 0.727. The third-order valence-corrected chi connectivity index (χ3v) is 9.39. The SMILES string of the molecule is CC(=O)[C@@H]1CC2=CC(=O)CC[C@]2(C)[C@H]2CC[C@]3(C)[C@@H](C(=O)CS)CC[C@H]3[C@H]12. The van der Waals surface area contributed by atoms with Crippen LogP contribution in [0.15, 0.2) is 11.6 Å². The van der Waals surface area contributed by atoms with E-state index in [0.29, 0.717) is 29.9 Å². The maximum Gasteiger partial charge on any atom is 0.155 e. The highest BCUT2D eigenvalue weighted by atomic mass is 32.1. The molecule has 3 nitrogen and oxygen atoms in total. The van der Waals surface area contributed by atoms with Gasteiger partial charge in [-0.05, 0) is 80.1 Å². The first-order valence-corrected chi connectivity index (χ1v) is 11.2. The summed E-state index contributed by atoms with van der Waals surface area (Å²) in [7, 11) is 0. The third kappa shape index (κ3) is 2.73. The summed E-state index contributed by atoms with van der Waals surface area (Å²) >= 11 is 4.27. The Kier molecular flexibility index (Phi) is 4.73. The van der Waals surface area contributed by atoms with Crippen molar-refractivity contribution in [1.29, 1.82) is 0 Å². The van der Waals surface area contributed by atoms with Crippen LogP contribution in [0.3, 0.4) is 0 Å². The Bertz CT molecular complexity index is 725. The predicted molar refractivity (Wildman–Crippen MR) is 109 cm³/mol. The molecule has 4 aliphatic carbocycles. The predicted octanol–water partition coefficient (Wildman–Crippen LogP) is 4.45. The molecule has 0 aromatic carbocycles. The summed E-state index contributed by atoms with van der Waals surface area (Å²) in [6.07, 6.45) is 8.31. The number of carbonyl (C=O) groups excluding carboxylic acids is 3. The van der Waals surface area contributed by atoms with Crippen molar-refractivity contribution in [2.24, 2.45) is 40.4 Å². The number of rotatable bonds is 3. The summed E-state index contributed by atoms with van der Waals surface area (Å²) in [4.78, 5) is 37.3. The highest BCUT2D eigenvalue weighted by molar-refractivity contribution is 7.81. The van der Waals surface area contributed by atoms with Crippen LogP contribution in [0.25, 0.3) is 0 Å². The summed E-state index contributed by atoms with van der Waals surface area (Å²) in [6, 6.07) is 0. The standard InChI is InChI=1S/C23H32O3S/c1-13(24)16-11-14-10-15(25)6-8-22(14,2)19-7-9-23(3)17(20(26)12-27)4-5-18(23)21(16)19/h10,16-19,21,27H,4-9,11-12H2,1-3H3/t16-,17+,18-,19-,21-,22-,23+/m0/s1. The van der Waals surface area contributed by atoms with E-state index >= 15 is 0 Å². The van der Waals surface area contributed by atoms with E-state index in [1.165, 1.54) is 5.57 Å². The summed E-state index contributed by atoms with van der Waals surface area (Å²) in [5, 5.41) is 0. The van der Waals surface area contributed by atoms with E-state index in [2.05, 4.69) is 26.5 Å². The summed E-state index contributed by atoms with van der Waals surface area (Å²) in [6.45, 7) is 6.38. The first-order chi connectivity index (χ1) is 12.7. The number of hydrogen-bond acceptors (Lipinski definition) is 4. The van der Waals surface area contributed by atoms with Crippen molar-refractivity contribution in [2.75, 3.05) is 5.75 Å². The molecule has 27 heavy (non-hydrogen) atoms. The molecule has 0 spiro atoms. The van der Waals surface area contributed by atoms with Crippen molar-refractivity contribution in [3.05, 3.63) is 11.6 Å². The molecule has 148 valence electrons. The summed E-state index contributed by atoms with van der Waals surface area (Å²) < 4.78 is 0. The number of allylic oxidation sites excluding steroid dienone is 1. The van der Waals surface area contributed by atoms with Gasteiger partial charge in [-0.25, -0.2) is 0 Å². The average Bonchev–Trinajstić information content (AvgIpc) is 2.98. The molecule has 7 atom stereocenters. The van der Waals surface area contributed by atoms with Gasteiger partial charge in [0, 0.05) is 24.0 Å². The molecule has 0 bridgehead atoms. The lowest BCUT2D eigenvalue weighted by Gasteiger charge is -2.60. The molecule has 3 fully saturated rings. The van der Waals surface area contributed by atoms with E-state index in [0.717, 1.165) is 38.5 Å². The topological polar surface area (TPSA) is 51.2 Å². The molecule has 0 amide bonds. The molecule has 4 rings (SSSR count). The van der Waals surface area contributed by atoms with Crippen LogP contribution in [0.1, 0.15) is 65.7 Å². The molecule has 0 N–H and O–H groups in total. The minimum absolute atomic E-state index is 0.00898. The van der Waals surface area contributed by atoms with Crippen LogP contribution < -0.4 is 0 Å². The Morgan fingerprint density at radius 2 is 1.89 bits per heavy atom. The van der Waals surface area contributed by atoms with Crippen molar-refractivity contribution >= 4 is 30.0 Å².